The molecule has 0 nitrogen and oxygen atoms in total. The van der Waals surface area contributed by atoms with Crippen LogP contribution in [-0.4, -0.2) is 0 Å². The van der Waals surface area contributed by atoms with Gasteiger partial charge in [-0.05, 0) is 36.1 Å². The van der Waals surface area contributed by atoms with Gasteiger partial charge >= 0.3 is 0 Å². The van der Waals surface area contributed by atoms with Crippen molar-refractivity contribution in [2.45, 2.75) is 13.8 Å². The second kappa shape index (κ2) is 3.40. The highest BCUT2D eigenvalue weighted by molar-refractivity contribution is 5.63. The topological polar surface area (TPSA) is 0 Å². The van der Waals surface area contributed by atoms with Gasteiger partial charge in [-0.15, -0.1) is 0 Å². The van der Waals surface area contributed by atoms with E-state index in [9.17, 15) is 0 Å². The first-order chi connectivity index (χ1) is 5.69. The van der Waals surface area contributed by atoms with Crippen molar-refractivity contribution in [3.8, 4) is 0 Å². The Balaban J connectivity index is 3.41. The van der Waals surface area contributed by atoms with Crippen LogP contribution in [0.4, 0.5) is 0 Å². The quantitative estimate of drug-likeness (QED) is 0.617. The van der Waals surface area contributed by atoms with E-state index >= 15 is 0 Å². The van der Waals surface area contributed by atoms with Crippen LogP contribution in [0.5, 0.6) is 0 Å². The molecule has 12 heavy (non-hydrogen) atoms. The zero-order valence-corrected chi connectivity index (χ0v) is 7.72. The number of hydrogen-bond donors (Lipinski definition) is 0. The lowest BCUT2D eigenvalue weighted by Crippen LogP contribution is -1.87. The van der Waals surface area contributed by atoms with Crippen LogP contribution in [0.1, 0.15) is 22.3 Å². The molecule has 0 amide bonds. The van der Waals surface area contributed by atoms with Crippen LogP contribution in [-0.2, 0) is 0 Å². The Hall–Kier alpha value is -1.30. The Morgan fingerprint density at radius 3 is 1.75 bits per heavy atom. The minimum absolute atomic E-state index is 1.20. The minimum Gasteiger partial charge on any atom is -0.0985 e. The second-order valence-corrected chi connectivity index (χ2v) is 2.98. The van der Waals surface area contributed by atoms with Crippen LogP contribution in [0, 0.1) is 13.8 Å². The standard InChI is InChI=1S/C12H14/c1-5-11-7-9(3)8-12(6-2)10(11)4/h5-8H,1-2H2,3-4H3. The molecular formula is C12H14. The van der Waals surface area contributed by atoms with Gasteiger partial charge in [0, 0.05) is 0 Å². The molecule has 0 bridgehead atoms. The van der Waals surface area contributed by atoms with E-state index in [1.165, 1.54) is 22.3 Å². The zero-order chi connectivity index (χ0) is 9.14. The maximum Gasteiger partial charge on any atom is -0.0225 e. The number of rotatable bonds is 2. The first kappa shape index (κ1) is 8.79. The molecule has 0 fully saturated rings. The lowest BCUT2D eigenvalue weighted by atomic mass is 9.99. The van der Waals surface area contributed by atoms with E-state index in [1.807, 2.05) is 12.2 Å². The summed E-state index contributed by atoms with van der Waals surface area (Å²) >= 11 is 0. The lowest BCUT2D eigenvalue weighted by molar-refractivity contribution is 1.36. The molecule has 0 atom stereocenters. The molecule has 0 N–H and O–H groups in total. The monoisotopic (exact) mass is 158 g/mol. The Kier molecular flexibility index (Phi) is 2.49. The summed E-state index contributed by atoms with van der Waals surface area (Å²) in [4.78, 5) is 0. The highest BCUT2D eigenvalue weighted by Crippen LogP contribution is 2.18. The van der Waals surface area contributed by atoms with Gasteiger partial charge in [0.1, 0.15) is 0 Å². The maximum atomic E-state index is 3.77. The van der Waals surface area contributed by atoms with Crippen molar-refractivity contribution in [2.75, 3.05) is 0 Å². The van der Waals surface area contributed by atoms with Gasteiger partial charge in [-0.1, -0.05) is 37.4 Å². The van der Waals surface area contributed by atoms with Crippen LogP contribution in [0.15, 0.2) is 25.3 Å². The average Bonchev–Trinajstić information content (AvgIpc) is 2.08. The molecule has 1 rings (SSSR count). The fourth-order valence-corrected chi connectivity index (χ4v) is 1.34. The molecule has 0 radical (unpaired) electrons. The molecule has 0 aliphatic heterocycles. The van der Waals surface area contributed by atoms with Gasteiger partial charge in [0.05, 0.1) is 0 Å². The number of benzene rings is 1. The molecule has 1 aromatic carbocycles. The summed E-state index contributed by atoms with van der Waals surface area (Å²) in [5.74, 6) is 0. The summed E-state index contributed by atoms with van der Waals surface area (Å²) in [5.41, 5.74) is 4.91. The van der Waals surface area contributed by atoms with Gasteiger partial charge < -0.3 is 0 Å². The molecule has 0 aromatic heterocycles. The normalized spacial score (nSPS) is 9.50. The van der Waals surface area contributed by atoms with Gasteiger partial charge in [-0.3, -0.25) is 0 Å². The van der Waals surface area contributed by atoms with Gasteiger partial charge in [-0.25, -0.2) is 0 Å². The zero-order valence-electron chi connectivity index (χ0n) is 7.72. The van der Waals surface area contributed by atoms with Crippen molar-refractivity contribution < 1.29 is 0 Å². The van der Waals surface area contributed by atoms with E-state index in [0.29, 0.717) is 0 Å². The van der Waals surface area contributed by atoms with Crippen molar-refractivity contribution in [3.05, 3.63) is 47.5 Å². The van der Waals surface area contributed by atoms with Crippen LogP contribution >= 0.6 is 0 Å². The Bertz CT molecular complexity index is 290. The van der Waals surface area contributed by atoms with Crippen LogP contribution in [0.3, 0.4) is 0 Å². The second-order valence-electron chi connectivity index (χ2n) is 2.98. The van der Waals surface area contributed by atoms with Crippen molar-refractivity contribution in [1.29, 1.82) is 0 Å². The van der Waals surface area contributed by atoms with Crippen molar-refractivity contribution in [1.82, 2.24) is 0 Å². The van der Waals surface area contributed by atoms with Crippen molar-refractivity contribution in [2.24, 2.45) is 0 Å². The molecule has 0 unspecified atom stereocenters. The molecule has 0 aliphatic carbocycles. The number of hydrogen-bond acceptors (Lipinski definition) is 0. The predicted molar refractivity (Wildman–Crippen MR) is 56.1 cm³/mol. The highest BCUT2D eigenvalue weighted by Gasteiger charge is 1.99. The predicted octanol–water partition coefficient (Wildman–Crippen LogP) is 3.59. The van der Waals surface area contributed by atoms with Crippen LogP contribution in [0.25, 0.3) is 12.2 Å². The van der Waals surface area contributed by atoms with E-state index < -0.39 is 0 Å². The lowest BCUT2D eigenvalue weighted by Gasteiger charge is -2.06. The van der Waals surface area contributed by atoms with Crippen LogP contribution in [0.2, 0.25) is 0 Å². The third-order valence-electron chi connectivity index (χ3n) is 2.07. The SMILES string of the molecule is C=Cc1cc(C)cc(C=C)c1C. The molecule has 0 heteroatoms. The molecular weight excluding hydrogens is 144 g/mol. The summed E-state index contributed by atoms with van der Waals surface area (Å²) in [6.45, 7) is 11.7. The van der Waals surface area contributed by atoms with Crippen molar-refractivity contribution in [3.63, 3.8) is 0 Å². The third kappa shape index (κ3) is 1.48. The molecule has 0 heterocycles. The first-order valence-electron chi connectivity index (χ1n) is 4.05. The molecule has 0 aliphatic rings. The van der Waals surface area contributed by atoms with Gasteiger partial charge in [0.2, 0.25) is 0 Å². The molecule has 0 spiro atoms. The molecule has 62 valence electrons. The van der Waals surface area contributed by atoms with E-state index in [4.69, 9.17) is 0 Å². The molecule has 0 saturated heterocycles. The minimum atomic E-state index is 1.20. The third-order valence-corrected chi connectivity index (χ3v) is 2.07. The van der Waals surface area contributed by atoms with E-state index in [-0.39, 0.29) is 0 Å². The Morgan fingerprint density at radius 2 is 1.42 bits per heavy atom. The summed E-state index contributed by atoms with van der Waals surface area (Å²) in [6.07, 6.45) is 3.77. The fourth-order valence-electron chi connectivity index (χ4n) is 1.34. The first-order valence-corrected chi connectivity index (χ1v) is 4.05. The Morgan fingerprint density at radius 1 is 1.00 bits per heavy atom. The van der Waals surface area contributed by atoms with Crippen LogP contribution < -0.4 is 0 Å². The van der Waals surface area contributed by atoms with Crippen molar-refractivity contribution >= 4 is 12.2 Å². The summed E-state index contributed by atoms with van der Waals surface area (Å²) in [5, 5.41) is 0. The van der Waals surface area contributed by atoms with E-state index in [0.717, 1.165) is 0 Å². The van der Waals surface area contributed by atoms with E-state index in [1.54, 1.807) is 0 Å². The summed E-state index contributed by atoms with van der Waals surface area (Å²) in [6, 6.07) is 4.27. The van der Waals surface area contributed by atoms with E-state index in [2.05, 4.69) is 39.1 Å². The van der Waals surface area contributed by atoms with Gasteiger partial charge in [0.15, 0.2) is 0 Å². The smallest absolute Gasteiger partial charge is 0.0225 e. The highest BCUT2D eigenvalue weighted by atomic mass is 14.0. The molecule has 1 aromatic rings. The fraction of sp³-hybridized carbons (Fsp3) is 0.167. The maximum absolute atomic E-state index is 3.77. The number of aryl methyl sites for hydroxylation is 1. The Labute approximate surface area is 74.2 Å². The largest absolute Gasteiger partial charge is 0.0985 e. The average molecular weight is 158 g/mol. The van der Waals surface area contributed by atoms with Gasteiger partial charge in [0.25, 0.3) is 0 Å². The summed E-state index contributed by atoms with van der Waals surface area (Å²) < 4.78 is 0. The summed E-state index contributed by atoms with van der Waals surface area (Å²) in [7, 11) is 0. The molecule has 0 saturated carbocycles. The van der Waals surface area contributed by atoms with Gasteiger partial charge in [-0.2, -0.15) is 0 Å².